The average molecular weight is 463 g/mol. The zero-order valence-corrected chi connectivity index (χ0v) is 18.0. The highest BCUT2D eigenvalue weighted by Gasteiger charge is 2.27. The summed E-state index contributed by atoms with van der Waals surface area (Å²) < 4.78 is 1.69. The molecule has 1 atom stereocenters. The molecule has 7 nitrogen and oxygen atoms in total. The van der Waals surface area contributed by atoms with Crippen LogP contribution in [0.15, 0.2) is 79.1 Å². The topological polar surface area (TPSA) is 84.7 Å². The predicted octanol–water partition coefficient (Wildman–Crippen LogP) is 5.29. The van der Waals surface area contributed by atoms with Gasteiger partial charge in [0.15, 0.2) is 0 Å². The molecule has 1 amide bonds. The number of rotatable bonds is 4. The minimum atomic E-state index is -0.346. The number of nitrogens with zero attached hydrogens (tertiary/aromatic N) is 4. The summed E-state index contributed by atoms with van der Waals surface area (Å²) in [6.45, 7) is 0. The highest BCUT2D eigenvalue weighted by molar-refractivity contribution is 6.31. The zero-order valence-electron chi connectivity index (χ0n) is 16.5. The molecule has 0 saturated heterocycles. The lowest BCUT2D eigenvalue weighted by Gasteiger charge is -2.24. The second-order valence-corrected chi connectivity index (χ2v) is 7.92. The number of amides is 1. The van der Waals surface area contributed by atoms with Gasteiger partial charge in [0.25, 0.3) is 11.9 Å². The summed E-state index contributed by atoms with van der Waals surface area (Å²) >= 11 is 12.6. The average Bonchev–Trinajstić information content (AvgIpc) is 3.22. The van der Waals surface area contributed by atoms with Gasteiger partial charge in [-0.3, -0.25) is 15.1 Å². The third-order valence-corrected chi connectivity index (χ3v) is 5.59. The molecule has 1 aliphatic heterocycles. The Morgan fingerprint density at radius 1 is 1.03 bits per heavy atom. The molecule has 32 heavy (non-hydrogen) atoms. The molecule has 0 aliphatic carbocycles. The molecule has 0 spiro atoms. The van der Waals surface area contributed by atoms with Gasteiger partial charge in [-0.1, -0.05) is 53.5 Å². The summed E-state index contributed by atoms with van der Waals surface area (Å²) in [5.41, 5.74) is 3.03. The Labute approximate surface area is 193 Å². The number of benzene rings is 2. The van der Waals surface area contributed by atoms with Gasteiger partial charge in [0.1, 0.15) is 6.04 Å². The second kappa shape index (κ2) is 8.45. The number of hydrogen-bond acceptors (Lipinski definition) is 5. The van der Waals surface area contributed by atoms with Crippen LogP contribution in [0.4, 0.5) is 11.9 Å². The van der Waals surface area contributed by atoms with Crippen molar-refractivity contribution in [3.05, 3.63) is 106 Å². The molecule has 158 valence electrons. The zero-order chi connectivity index (χ0) is 22.1. The fourth-order valence-electron chi connectivity index (χ4n) is 3.45. The second-order valence-electron chi connectivity index (χ2n) is 7.08. The smallest absolute Gasteiger partial charge is 0.259 e. The Morgan fingerprint density at radius 2 is 1.84 bits per heavy atom. The summed E-state index contributed by atoms with van der Waals surface area (Å²) in [4.78, 5) is 21.0. The van der Waals surface area contributed by atoms with E-state index in [4.69, 9.17) is 23.2 Å². The van der Waals surface area contributed by atoms with Gasteiger partial charge >= 0.3 is 0 Å². The van der Waals surface area contributed by atoms with Gasteiger partial charge < -0.3 is 5.32 Å². The maximum Gasteiger partial charge on any atom is 0.259 e. The number of nitrogens with one attached hydrogen (secondary N) is 2. The van der Waals surface area contributed by atoms with Crippen LogP contribution in [0.2, 0.25) is 10.0 Å². The lowest BCUT2D eigenvalue weighted by molar-refractivity contribution is 0.102. The van der Waals surface area contributed by atoms with Crippen molar-refractivity contribution < 1.29 is 4.79 Å². The van der Waals surface area contributed by atoms with Gasteiger partial charge in [-0.05, 0) is 47.5 Å². The summed E-state index contributed by atoms with van der Waals surface area (Å²) in [7, 11) is 0. The number of halogens is 2. The fourth-order valence-corrected chi connectivity index (χ4v) is 3.82. The van der Waals surface area contributed by atoms with E-state index >= 15 is 0 Å². The van der Waals surface area contributed by atoms with E-state index in [2.05, 4.69) is 25.7 Å². The molecule has 2 aromatic heterocycles. The van der Waals surface area contributed by atoms with Crippen molar-refractivity contribution in [2.75, 3.05) is 10.6 Å². The van der Waals surface area contributed by atoms with E-state index in [9.17, 15) is 4.79 Å². The largest absolute Gasteiger partial charge is 0.324 e. The number of pyridine rings is 1. The monoisotopic (exact) mass is 462 g/mol. The quantitative estimate of drug-likeness (QED) is 0.430. The molecular weight excluding hydrogens is 447 g/mol. The third kappa shape index (κ3) is 3.95. The minimum Gasteiger partial charge on any atom is -0.324 e. The van der Waals surface area contributed by atoms with Crippen molar-refractivity contribution in [2.24, 2.45) is 0 Å². The number of allylic oxidation sites excluding steroid dienone is 1. The highest BCUT2D eigenvalue weighted by atomic mass is 35.5. The SMILES string of the molecule is O=C(Nc1nc2n(n1)C(c1ccccc1Cl)C=C(c1ccc(Cl)cc1)N2)c1cccnc1. The van der Waals surface area contributed by atoms with Crippen LogP contribution in [0.5, 0.6) is 0 Å². The van der Waals surface area contributed by atoms with Gasteiger partial charge in [0.2, 0.25) is 5.95 Å². The van der Waals surface area contributed by atoms with Crippen LogP contribution < -0.4 is 10.6 Å². The first-order valence-corrected chi connectivity index (χ1v) is 10.5. The van der Waals surface area contributed by atoms with Crippen molar-refractivity contribution in [3.8, 4) is 0 Å². The molecule has 3 heterocycles. The molecule has 4 aromatic rings. The van der Waals surface area contributed by atoms with E-state index in [0.29, 0.717) is 21.6 Å². The maximum absolute atomic E-state index is 12.5. The molecule has 0 saturated carbocycles. The fraction of sp³-hybridized carbons (Fsp3) is 0.0435. The maximum atomic E-state index is 12.5. The van der Waals surface area contributed by atoms with Crippen LogP contribution in [0, 0.1) is 0 Å². The van der Waals surface area contributed by atoms with Gasteiger partial charge in [-0.15, -0.1) is 5.10 Å². The van der Waals surface area contributed by atoms with E-state index in [1.165, 1.54) is 6.20 Å². The number of fused-ring (bicyclic) bond motifs is 1. The predicted molar refractivity (Wildman–Crippen MR) is 125 cm³/mol. The minimum absolute atomic E-state index is 0.171. The Hall–Kier alpha value is -3.68. The normalized spacial score (nSPS) is 14.8. The van der Waals surface area contributed by atoms with E-state index < -0.39 is 0 Å². The Kier molecular flexibility index (Phi) is 5.34. The number of aromatic nitrogens is 4. The summed E-state index contributed by atoms with van der Waals surface area (Å²) in [6.07, 6.45) is 5.10. The Balaban J connectivity index is 1.53. The molecular formula is C23H16Cl2N6O. The van der Waals surface area contributed by atoms with Crippen molar-refractivity contribution in [1.82, 2.24) is 19.7 Å². The Morgan fingerprint density at radius 3 is 2.59 bits per heavy atom. The molecule has 5 rings (SSSR count). The number of anilines is 2. The summed E-state index contributed by atoms with van der Waals surface area (Å²) in [6, 6.07) is 18.1. The van der Waals surface area contributed by atoms with E-state index in [1.807, 2.05) is 54.6 Å². The van der Waals surface area contributed by atoms with Crippen LogP contribution in [0.3, 0.4) is 0 Å². The van der Waals surface area contributed by atoms with Crippen molar-refractivity contribution >= 4 is 46.7 Å². The van der Waals surface area contributed by atoms with Gasteiger partial charge in [-0.25, -0.2) is 4.68 Å². The van der Waals surface area contributed by atoms with E-state index in [-0.39, 0.29) is 17.9 Å². The van der Waals surface area contributed by atoms with Crippen molar-refractivity contribution in [2.45, 2.75) is 6.04 Å². The molecule has 9 heteroatoms. The van der Waals surface area contributed by atoms with Crippen LogP contribution in [0.25, 0.3) is 5.70 Å². The third-order valence-electron chi connectivity index (χ3n) is 4.99. The van der Waals surface area contributed by atoms with Crippen LogP contribution in [0.1, 0.15) is 27.5 Å². The standard InChI is InChI=1S/C23H16Cl2N6O/c24-16-9-7-14(8-10-16)19-12-20(17-5-1-2-6-18(17)25)31-23(27-19)29-22(30-31)28-21(32)15-4-3-11-26-13-15/h1-13,20H,(H2,27,28,29,30,32). The Bertz CT molecular complexity index is 1320. The lowest BCUT2D eigenvalue weighted by atomic mass is 10.0. The van der Waals surface area contributed by atoms with Gasteiger partial charge in [0.05, 0.1) is 5.56 Å². The lowest BCUT2D eigenvalue weighted by Crippen LogP contribution is -2.20. The van der Waals surface area contributed by atoms with Crippen molar-refractivity contribution in [3.63, 3.8) is 0 Å². The molecule has 0 fully saturated rings. The first kappa shape index (κ1) is 20.2. The molecule has 2 N–H and O–H groups in total. The molecule has 1 aliphatic rings. The van der Waals surface area contributed by atoms with Crippen LogP contribution >= 0.6 is 23.2 Å². The molecule has 0 bridgehead atoms. The highest BCUT2D eigenvalue weighted by Crippen LogP contribution is 2.36. The van der Waals surface area contributed by atoms with Crippen LogP contribution in [-0.2, 0) is 0 Å². The summed E-state index contributed by atoms with van der Waals surface area (Å²) in [5.74, 6) is 0.300. The number of carbonyl (C=O) groups excluding carboxylic acids is 1. The molecule has 2 aromatic carbocycles. The van der Waals surface area contributed by atoms with Gasteiger partial charge in [0, 0.05) is 28.1 Å². The van der Waals surface area contributed by atoms with E-state index in [1.54, 1.807) is 23.0 Å². The molecule has 0 radical (unpaired) electrons. The number of hydrogen-bond donors (Lipinski definition) is 2. The first-order chi connectivity index (χ1) is 15.6. The number of carbonyl (C=O) groups is 1. The van der Waals surface area contributed by atoms with Crippen LogP contribution in [-0.4, -0.2) is 25.7 Å². The first-order valence-electron chi connectivity index (χ1n) is 9.75. The molecule has 1 unspecified atom stereocenters. The van der Waals surface area contributed by atoms with Crippen molar-refractivity contribution in [1.29, 1.82) is 0 Å². The summed E-state index contributed by atoms with van der Waals surface area (Å²) in [5, 5.41) is 11.8. The van der Waals surface area contributed by atoms with E-state index in [0.717, 1.165) is 16.8 Å². The van der Waals surface area contributed by atoms with Gasteiger partial charge in [-0.2, -0.15) is 4.98 Å².